The second-order valence-electron chi connectivity index (χ2n) is 8.83. The highest BCUT2D eigenvalue weighted by Crippen LogP contribution is 2.44. The summed E-state index contributed by atoms with van der Waals surface area (Å²) < 4.78 is 2.01. The molecule has 5 rings (SSSR count). The zero-order valence-corrected chi connectivity index (χ0v) is 16.1. The average molecular weight is 361 g/mol. The number of fused-ring (bicyclic) bond motifs is 2. The van der Waals surface area contributed by atoms with Crippen molar-refractivity contribution in [1.29, 1.82) is 0 Å². The molecular formula is C23H27N3O. The topological polar surface area (TPSA) is 41.0 Å². The minimum atomic E-state index is 0.0222. The van der Waals surface area contributed by atoms with Gasteiger partial charge in [-0.2, -0.15) is 0 Å². The Labute approximate surface area is 159 Å². The summed E-state index contributed by atoms with van der Waals surface area (Å²) >= 11 is 0. The lowest BCUT2D eigenvalue weighted by Crippen LogP contribution is -2.49. The Morgan fingerprint density at radius 2 is 1.81 bits per heavy atom. The van der Waals surface area contributed by atoms with Crippen molar-refractivity contribution in [2.75, 3.05) is 13.1 Å². The quantitative estimate of drug-likeness (QED) is 0.740. The van der Waals surface area contributed by atoms with Gasteiger partial charge in [-0.05, 0) is 47.9 Å². The molecule has 3 aromatic rings. The zero-order valence-electron chi connectivity index (χ0n) is 16.1. The van der Waals surface area contributed by atoms with Gasteiger partial charge in [0.25, 0.3) is 0 Å². The van der Waals surface area contributed by atoms with Gasteiger partial charge in [-0.1, -0.05) is 50.2 Å². The van der Waals surface area contributed by atoms with E-state index in [1.807, 2.05) is 22.8 Å². The average Bonchev–Trinajstić information content (AvgIpc) is 3.22. The first kappa shape index (κ1) is 16.8. The minimum absolute atomic E-state index is 0.0222. The van der Waals surface area contributed by atoms with Crippen LogP contribution in [-0.4, -0.2) is 27.5 Å². The normalized spacial score (nSPS) is 25.0. The number of likely N-dealkylation sites (tertiary alicyclic amines) is 1. The van der Waals surface area contributed by atoms with Crippen molar-refractivity contribution in [2.24, 2.45) is 5.41 Å². The van der Waals surface area contributed by atoms with Gasteiger partial charge in [0.15, 0.2) is 0 Å². The molecule has 1 N–H and O–H groups in total. The number of aromatic amines is 1. The van der Waals surface area contributed by atoms with Crippen LogP contribution in [-0.2, 0) is 6.42 Å². The van der Waals surface area contributed by atoms with Crippen molar-refractivity contribution in [1.82, 2.24) is 14.5 Å². The fourth-order valence-corrected chi connectivity index (χ4v) is 5.43. The number of nitrogens with zero attached hydrogens (tertiary/aromatic N) is 2. The molecule has 1 fully saturated rings. The number of piperidine rings is 1. The van der Waals surface area contributed by atoms with E-state index in [0.29, 0.717) is 6.04 Å². The van der Waals surface area contributed by atoms with E-state index in [1.54, 1.807) is 0 Å². The molecule has 140 valence electrons. The molecule has 1 saturated heterocycles. The Bertz CT molecular complexity index is 1040. The third-order valence-corrected chi connectivity index (χ3v) is 6.68. The van der Waals surface area contributed by atoms with Crippen LogP contribution in [0.25, 0.3) is 11.0 Å². The molecular weight excluding hydrogens is 334 g/mol. The van der Waals surface area contributed by atoms with Crippen LogP contribution < -0.4 is 5.69 Å². The summed E-state index contributed by atoms with van der Waals surface area (Å²) in [6.45, 7) is 6.69. The number of rotatable bonds is 2. The molecule has 2 aromatic carbocycles. The largest absolute Gasteiger partial charge is 0.326 e. The molecule has 4 heteroatoms. The maximum Gasteiger partial charge on any atom is 0.326 e. The summed E-state index contributed by atoms with van der Waals surface area (Å²) in [7, 11) is 0. The summed E-state index contributed by atoms with van der Waals surface area (Å²) in [6, 6.07) is 17.7. The molecule has 0 radical (unpaired) electrons. The van der Waals surface area contributed by atoms with Crippen molar-refractivity contribution in [3.8, 4) is 0 Å². The number of hydrogen-bond donors (Lipinski definition) is 1. The van der Waals surface area contributed by atoms with Gasteiger partial charge in [0, 0.05) is 25.2 Å². The predicted molar refractivity (Wildman–Crippen MR) is 109 cm³/mol. The Morgan fingerprint density at radius 1 is 1.04 bits per heavy atom. The number of aryl methyl sites for hydroxylation is 1. The molecule has 2 unspecified atom stereocenters. The predicted octanol–water partition coefficient (Wildman–Crippen LogP) is 4.29. The van der Waals surface area contributed by atoms with Crippen molar-refractivity contribution in [2.45, 2.75) is 45.2 Å². The van der Waals surface area contributed by atoms with Gasteiger partial charge in [-0.3, -0.25) is 9.47 Å². The number of nitrogens with one attached hydrogen (secondary N) is 1. The van der Waals surface area contributed by atoms with Gasteiger partial charge in [0.05, 0.1) is 11.0 Å². The summed E-state index contributed by atoms with van der Waals surface area (Å²) in [6.07, 6.45) is 3.41. The van der Waals surface area contributed by atoms with Gasteiger partial charge >= 0.3 is 5.69 Å². The molecule has 4 nitrogen and oxygen atoms in total. The summed E-state index contributed by atoms with van der Waals surface area (Å²) in [4.78, 5) is 18.4. The Hall–Kier alpha value is -2.33. The van der Waals surface area contributed by atoms with Crippen LogP contribution in [0.2, 0.25) is 0 Å². The fourth-order valence-electron chi connectivity index (χ4n) is 5.43. The molecule has 2 atom stereocenters. The number of aromatic nitrogens is 2. The highest BCUT2D eigenvalue weighted by atomic mass is 16.1. The van der Waals surface area contributed by atoms with Crippen molar-refractivity contribution in [3.05, 3.63) is 70.1 Å². The highest BCUT2D eigenvalue weighted by molar-refractivity contribution is 5.75. The molecule has 0 bridgehead atoms. The molecule has 1 aliphatic heterocycles. The second kappa shape index (κ2) is 6.10. The van der Waals surface area contributed by atoms with E-state index in [4.69, 9.17) is 0 Å². The molecule has 1 aliphatic carbocycles. The fraction of sp³-hybridized carbons (Fsp3) is 0.435. The molecule has 2 heterocycles. The first-order valence-electron chi connectivity index (χ1n) is 10.1. The van der Waals surface area contributed by atoms with Crippen LogP contribution in [0.1, 0.15) is 49.9 Å². The lowest BCUT2D eigenvalue weighted by Gasteiger charge is -2.47. The van der Waals surface area contributed by atoms with Gasteiger partial charge in [0.1, 0.15) is 0 Å². The van der Waals surface area contributed by atoms with Crippen LogP contribution in [0.4, 0.5) is 0 Å². The van der Waals surface area contributed by atoms with E-state index in [1.165, 1.54) is 24.0 Å². The number of H-pyrrole nitrogens is 1. The van der Waals surface area contributed by atoms with Crippen molar-refractivity contribution < 1.29 is 0 Å². The van der Waals surface area contributed by atoms with Crippen LogP contribution >= 0.6 is 0 Å². The maximum atomic E-state index is 12.7. The van der Waals surface area contributed by atoms with Gasteiger partial charge in [0.2, 0.25) is 0 Å². The van der Waals surface area contributed by atoms with E-state index < -0.39 is 0 Å². The number of hydrogen-bond acceptors (Lipinski definition) is 2. The molecule has 0 spiro atoms. The highest BCUT2D eigenvalue weighted by Gasteiger charge is 2.41. The maximum absolute atomic E-state index is 12.7. The van der Waals surface area contributed by atoms with E-state index in [9.17, 15) is 4.79 Å². The van der Waals surface area contributed by atoms with Gasteiger partial charge < -0.3 is 4.98 Å². The van der Waals surface area contributed by atoms with E-state index in [-0.39, 0.29) is 17.1 Å². The lowest BCUT2D eigenvalue weighted by atomic mass is 9.78. The number of benzene rings is 2. The van der Waals surface area contributed by atoms with Crippen LogP contribution in [0.15, 0.2) is 53.3 Å². The molecule has 1 aromatic heterocycles. The molecule has 0 amide bonds. The molecule has 2 aliphatic rings. The van der Waals surface area contributed by atoms with Crippen molar-refractivity contribution in [3.63, 3.8) is 0 Å². The van der Waals surface area contributed by atoms with E-state index in [0.717, 1.165) is 30.5 Å². The Morgan fingerprint density at radius 3 is 2.67 bits per heavy atom. The van der Waals surface area contributed by atoms with Gasteiger partial charge in [-0.25, -0.2) is 4.79 Å². The third-order valence-electron chi connectivity index (χ3n) is 6.68. The van der Waals surface area contributed by atoms with Crippen LogP contribution in [0.3, 0.4) is 0 Å². The first-order valence-corrected chi connectivity index (χ1v) is 10.1. The standard InChI is InChI=1S/C23H27N3O/c1-23(2)15-25(19-12-11-16-7-3-4-8-17(16)19)14-13-21(23)26-20-10-6-5-9-18(20)24-22(26)27/h3-10,19,21H,11-15H2,1-2H3,(H,24,27). The Balaban J connectivity index is 1.46. The molecule has 27 heavy (non-hydrogen) atoms. The van der Waals surface area contributed by atoms with Crippen LogP contribution in [0, 0.1) is 5.41 Å². The number of para-hydroxylation sites is 2. The van der Waals surface area contributed by atoms with Gasteiger partial charge in [-0.15, -0.1) is 0 Å². The minimum Gasteiger partial charge on any atom is -0.306 e. The first-order chi connectivity index (χ1) is 13.0. The lowest BCUT2D eigenvalue weighted by molar-refractivity contribution is 0.0335. The van der Waals surface area contributed by atoms with E-state index >= 15 is 0 Å². The summed E-state index contributed by atoms with van der Waals surface area (Å²) in [5, 5.41) is 0. The zero-order chi connectivity index (χ0) is 18.6. The molecule has 0 saturated carbocycles. The third kappa shape index (κ3) is 2.66. The summed E-state index contributed by atoms with van der Waals surface area (Å²) in [5.41, 5.74) is 5.04. The Kier molecular flexibility index (Phi) is 3.80. The second-order valence-corrected chi connectivity index (χ2v) is 8.83. The monoisotopic (exact) mass is 361 g/mol. The SMILES string of the molecule is CC1(C)CN(C2CCc3ccccc32)CCC1n1c(=O)[nH]c2ccccc21. The smallest absolute Gasteiger partial charge is 0.306 e. The van der Waals surface area contributed by atoms with E-state index in [2.05, 4.69) is 54.1 Å². The van der Waals surface area contributed by atoms with Crippen LogP contribution in [0.5, 0.6) is 0 Å². The number of imidazole rings is 1. The van der Waals surface area contributed by atoms with Crippen molar-refractivity contribution >= 4 is 11.0 Å². The summed E-state index contributed by atoms with van der Waals surface area (Å²) in [5.74, 6) is 0.